The van der Waals surface area contributed by atoms with Crippen LogP contribution in [0.25, 0.3) is 0 Å². The highest BCUT2D eigenvalue weighted by Gasteiger charge is 2.28. The second kappa shape index (κ2) is 11.4. The molecule has 32 heavy (non-hydrogen) atoms. The van der Waals surface area contributed by atoms with Gasteiger partial charge in [0.2, 0.25) is 5.91 Å². The van der Waals surface area contributed by atoms with E-state index in [1.54, 1.807) is 24.0 Å². The van der Waals surface area contributed by atoms with Crippen LogP contribution in [0.15, 0.2) is 42.5 Å². The number of nitrogens with one attached hydrogen (secondary N) is 1. The Balaban J connectivity index is 1.72. The highest BCUT2D eigenvalue weighted by molar-refractivity contribution is 6.30. The zero-order valence-corrected chi connectivity index (χ0v) is 20.0. The zero-order chi connectivity index (χ0) is 23.1. The Kier molecular flexibility index (Phi) is 8.57. The minimum Gasteiger partial charge on any atom is -0.483 e. The van der Waals surface area contributed by atoms with Crippen molar-refractivity contribution in [2.45, 2.75) is 71.5 Å². The van der Waals surface area contributed by atoms with Gasteiger partial charge < -0.3 is 15.0 Å². The van der Waals surface area contributed by atoms with Crippen LogP contribution < -0.4 is 10.1 Å². The van der Waals surface area contributed by atoms with Crippen LogP contribution in [0, 0.1) is 13.8 Å². The minimum absolute atomic E-state index is 0.119. The molecule has 0 aromatic heterocycles. The Labute approximate surface area is 196 Å². The summed E-state index contributed by atoms with van der Waals surface area (Å²) in [7, 11) is 0. The second-order valence-corrected chi connectivity index (χ2v) is 9.16. The van der Waals surface area contributed by atoms with Crippen molar-refractivity contribution in [1.82, 2.24) is 10.2 Å². The summed E-state index contributed by atoms with van der Waals surface area (Å²) in [6, 6.07) is 12.8. The Bertz CT molecular complexity index is 923. The molecule has 1 N–H and O–H groups in total. The summed E-state index contributed by atoms with van der Waals surface area (Å²) in [6.07, 6.45) is 5.49. The summed E-state index contributed by atoms with van der Waals surface area (Å²) in [5.74, 6) is 0.335. The van der Waals surface area contributed by atoms with Crippen molar-refractivity contribution < 1.29 is 14.3 Å². The molecule has 1 aliphatic carbocycles. The second-order valence-electron chi connectivity index (χ2n) is 8.73. The van der Waals surface area contributed by atoms with E-state index in [0.717, 1.165) is 42.4 Å². The number of ether oxygens (including phenoxy) is 1. The van der Waals surface area contributed by atoms with Crippen LogP contribution in [0.1, 0.15) is 55.7 Å². The Morgan fingerprint density at radius 2 is 1.78 bits per heavy atom. The molecule has 2 aromatic rings. The zero-order valence-electron chi connectivity index (χ0n) is 19.2. The lowest BCUT2D eigenvalue weighted by Gasteiger charge is -2.31. The van der Waals surface area contributed by atoms with Gasteiger partial charge in [-0.2, -0.15) is 0 Å². The molecule has 0 bridgehead atoms. The van der Waals surface area contributed by atoms with Gasteiger partial charge in [0, 0.05) is 17.6 Å². The maximum absolute atomic E-state index is 13.2. The van der Waals surface area contributed by atoms with Crippen LogP contribution in [0.5, 0.6) is 5.75 Å². The third kappa shape index (κ3) is 6.73. The summed E-state index contributed by atoms with van der Waals surface area (Å²) in [4.78, 5) is 27.8. The number of aryl methyl sites for hydroxylation is 2. The average Bonchev–Trinajstić information content (AvgIpc) is 2.79. The summed E-state index contributed by atoms with van der Waals surface area (Å²) in [5, 5.41) is 3.78. The van der Waals surface area contributed by atoms with Gasteiger partial charge in [-0.1, -0.05) is 55.1 Å². The van der Waals surface area contributed by atoms with Gasteiger partial charge in [0.25, 0.3) is 5.91 Å². The quantitative estimate of drug-likeness (QED) is 0.593. The molecule has 1 atom stereocenters. The number of benzene rings is 2. The van der Waals surface area contributed by atoms with E-state index in [0.29, 0.717) is 17.3 Å². The first kappa shape index (κ1) is 24.1. The molecule has 0 saturated heterocycles. The molecule has 0 radical (unpaired) electrons. The normalized spacial score (nSPS) is 15.1. The molecule has 0 heterocycles. The number of nitrogens with zero attached hydrogens (tertiary/aromatic N) is 1. The first-order valence-corrected chi connectivity index (χ1v) is 11.8. The predicted octanol–water partition coefficient (Wildman–Crippen LogP) is 5.20. The van der Waals surface area contributed by atoms with Crippen LogP contribution in [0.3, 0.4) is 0 Å². The number of hydrogen-bond acceptors (Lipinski definition) is 3. The van der Waals surface area contributed by atoms with E-state index in [1.165, 1.54) is 6.42 Å². The first-order valence-electron chi connectivity index (χ1n) is 11.4. The summed E-state index contributed by atoms with van der Waals surface area (Å²) >= 11 is 6.01. The number of amides is 2. The predicted molar refractivity (Wildman–Crippen MR) is 128 cm³/mol. The fourth-order valence-corrected chi connectivity index (χ4v) is 4.15. The molecule has 2 aromatic carbocycles. The molecule has 2 amide bonds. The molecule has 0 spiro atoms. The van der Waals surface area contributed by atoms with Crippen molar-refractivity contribution in [3.63, 3.8) is 0 Å². The number of halogens is 1. The minimum atomic E-state index is -0.609. The maximum atomic E-state index is 13.2. The van der Waals surface area contributed by atoms with E-state index in [-0.39, 0.29) is 24.5 Å². The van der Waals surface area contributed by atoms with Gasteiger partial charge in [-0.3, -0.25) is 9.59 Å². The fraction of sp³-hybridized carbons (Fsp3) is 0.462. The molecular weight excluding hydrogens is 424 g/mol. The molecule has 0 aliphatic heterocycles. The molecule has 1 aliphatic rings. The Morgan fingerprint density at radius 1 is 1.09 bits per heavy atom. The lowest BCUT2D eigenvalue weighted by molar-refractivity contribution is -0.142. The van der Waals surface area contributed by atoms with Crippen molar-refractivity contribution in [2.75, 3.05) is 6.61 Å². The van der Waals surface area contributed by atoms with Crippen LogP contribution in [-0.4, -0.2) is 35.4 Å². The Morgan fingerprint density at radius 3 is 2.47 bits per heavy atom. The number of carbonyl (C=O) groups is 2. The van der Waals surface area contributed by atoms with Crippen molar-refractivity contribution in [3.8, 4) is 5.75 Å². The Hall–Kier alpha value is -2.53. The van der Waals surface area contributed by atoms with Crippen LogP contribution >= 0.6 is 11.6 Å². The molecule has 1 fully saturated rings. The molecule has 6 heteroatoms. The van der Waals surface area contributed by atoms with E-state index < -0.39 is 6.04 Å². The van der Waals surface area contributed by atoms with Crippen LogP contribution in [0.2, 0.25) is 5.02 Å². The summed E-state index contributed by atoms with van der Waals surface area (Å²) < 4.78 is 5.85. The van der Waals surface area contributed by atoms with Gasteiger partial charge in [-0.05, 0) is 68.5 Å². The van der Waals surface area contributed by atoms with Gasteiger partial charge in [0.05, 0.1) is 0 Å². The number of carbonyl (C=O) groups excluding carboxylic acids is 2. The monoisotopic (exact) mass is 456 g/mol. The summed E-state index contributed by atoms with van der Waals surface area (Å²) in [5.41, 5.74) is 2.94. The SMILES string of the molecule is Cc1ccc(C)c(OCC(=O)N(Cc2ccc(Cl)cc2)[C@@H](C)C(=O)NC2CCCCC2)c1. The van der Waals surface area contributed by atoms with Crippen molar-refractivity contribution in [3.05, 3.63) is 64.2 Å². The highest BCUT2D eigenvalue weighted by atomic mass is 35.5. The third-order valence-corrected chi connectivity index (χ3v) is 6.33. The van der Waals surface area contributed by atoms with E-state index >= 15 is 0 Å². The van der Waals surface area contributed by atoms with Crippen molar-refractivity contribution in [1.29, 1.82) is 0 Å². The van der Waals surface area contributed by atoms with Gasteiger partial charge in [-0.15, -0.1) is 0 Å². The molecule has 3 rings (SSSR count). The first-order chi connectivity index (χ1) is 15.3. The van der Waals surface area contributed by atoms with Gasteiger partial charge in [-0.25, -0.2) is 0 Å². The molecule has 172 valence electrons. The van der Waals surface area contributed by atoms with E-state index in [1.807, 2.05) is 44.2 Å². The van der Waals surface area contributed by atoms with Crippen LogP contribution in [-0.2, 0) is 16.1 Å². The maximum Gasteiger partial charge on any atom is 0.261 e. The lowest BCUT2D eigenvalue weighted by Crippen LogP contribution is -2.51. The van der Waals surface area contributed by atoms with E-state index in [2.05, 4.69) is 5.32 Å². The van der Waals surface area contributed by atoms with E-state index in [9.17, 15) is 9.59 Å². The van der Waals surface area contributed by atoms with Crippen molar-refractivity contribution >= 4 is 23.4 Å². The van der Waals surface area contributed by atoms with Gasteiger partial charge >= 0.3 is 0 Å². The van der Waals surface area contributed by atoms with Gasteiger partial charge in [0.1, 0.15) is 11.8 Å². The van der Waals surface area contributed by atoms with Crippen LogP contribution in [0.4, 0.5) is 0 Å². The highest BCUT2D eigenvalue weighted by Crippen LogP contribution is 2.21. The molecular formula is C26H33ClN2O3. The van der Waals surface area contributed by atoms with Crippen molar-refractivity contribution in [2.24, 2.45) is 0 Å². The number of rotatable bonds is 8. The number of hydrogen-bond donors (Lipinski definition) is 1. The molecule has 5 nitrogen and oxygen atoms in total. The average molecular weight is 457 g/mol. The third-order valence-electron chi connectivity index (χ3n) is 6.08. The molecule has 0 unspecified atom stereocenters. The fourth-order valence-electron chi connectivity index (χ4n) is 4.02. The van der Waals surface area contributed by atoms with Gasteiger partial charge in [0.15, 0.2) is 6.61 Å². The topological polar surface area (TPSA) is 58.6 Å². The largest absolute Gasteiger partial charge is 0.483 e. The standard InChI is InChI=1S/C26H33ClN2O3/c1-18-9-10-19(2)24(15-18)32-17-25(30)29(16-21-11-13-22(27)14-12-21)20(3)26(31)28-23-7-5-4-6-8-23/h9-15,20,23H,4-8,16-17H2,1-3H3,(H,28,31)/t20-/m0/s1. The lowest BCUT2D eigenvalue weighted by atomic mass is 9.95. The summed E-state index contributed by atoms with van der Waals surface area (Å²) in [6.45, 7) is 5.90. The molecule has 1 saturated carbocycles. The smallest absolute Gasteiger partial charge is 0.261 e. The van der Waals surface area contributed by atoms with E-state index in [4.69, 9.17) is 16.3 Å².